The lowest BCUT2D eigenvalue weighted by Gasteiger charge is -2.12. The van der Waals surface area contributed by atoms with Crippen LogP contribution in [0.4, 0.5) is 5.69 Å². The van der Waals surface area contributed by atoms with Gasteiger partial charge in [0, 0.05) is 31.2 Å². The zero-order valence-electron chi connectivity index (χ0n) is 15.2. The lowest BCUT2D eigenvalue weighted by molar-refractivity contribution is -0.128. The van der Waals surface area contributed by atoms with Gasteiger partial charge in [-0.1, -0.05) is 23.7 Å². The van der Waals surface area contributed by atoms with Crippen LogP contribution >= 0.6 is 11.6 Å². The molecule has 2 rings (SSSR count). The number of hydrogen-bond acceptors (Lipinski definition) is 3. The highest BCUT2D eigenvalue weighted by atomic mass is 35.5. The summed E-state index contributed by atoms with van der Waals surface area (Å²) in [5.74, 6) is 0.451. The number of hydrogen-bond donors (Lipinski definition) is 1. The fourth-order valence-corrected chi connectivity index (χ4v) is 2.62. The molecule has 0 aliphatic rings. The molecule has 5 nitrogen and oxygen atoms in total. The zero-order valence-corrected chi connectivity index (χ0v) is 16.0. The Morgan fingerprint density at radius 2 is 1.92 bits per heavy atom. The first-order chi connectivity index (χ1) is 12.3. The van der Waals surface area contributed by atoms with Gasteiger partial charge in [0.2, 0.25) is 5.91 Å². The van der Waals surface area contributed by atoms with Crippen molar-refractivity contribution in [1.82, 2.24) is 4.90 Å². The standard InChI is InChI=1S/C20H23ClN2O3/c1-14-11-16(21)8-9-18(14)26-13-19(24)22-17-6-4-5-15(12-17)7-10-20(25)23(2)3/h4-6,8-9,11-12H,7,10,13H2,1-3H3,(H,22,24). The van der Waals surface area contributed by atoms with E-state index >= 15 is 0 Å². The molecule has 0 atom stereocenters. The molecule has 0 fully saturated rings. The van der Waals surface area contributed by atoms with E-state index in [0.717, 1.165) is 11.1 Å². The van der Waals surface area contributed by atoms with Crippen LogP contribution in [-0.4, -0.2) is 37.4 Å². The van der Waals surface area contributed by atoms with Crippen molar-refractivity contribution in [1.29, 1.82) is 0 Å². The van der Waals surface area contributed by atoms with Crippen molar-refractivity contribution in [2.24, 2.45) is 0 Å². The molecule has 138 valence electrons. The van der Waals surface area contributed by atoms with Crippen molar-refractivity contribution in [3.8, 4) is 5.75 Å². The summed E-state index contributed by atoms with van der Waals surface area (Å²) in [4.78, 5) is 25.4. The summed E-state index contributed by atoms with van der Waals surface area (Å²) in [5.41, 5.74) is 2.55. The SMILES string of the molecule is Cc1cc(Cl)ccc1OCC(=O)Nc1cccc(CCC(=O)N(C)C)c1. The third-order valence-electron chi connectivity index (χ3n) is 3.83. The third-order valence-corrected chi connectivity index (χ3v) is 4.07. The molecular weight excluding hydrogens is 352 g/mol. The van der Waals surface area contributed by atoms with E-state index in [1.807, 2.05) is 31.2 Å². The number of benzene rings is 2. The van der Waals surface area contributed by atoms with E-state index < -0.39 is 0 Å². The lowest BCUT2D eigenvalue weighted by atomic mass is 10.1. The summed E-state index contributed by atoms with van der Waals surface area (Å²) in [6.07, 6.45) is 1.06. The Labute approximate surface area is 158 Å². The van der Waals surface area contributed by atoms with Crippen LogP contribution in [0.3, 0.4) is 0 Å². The first kappa shape index (κ1) is 19.8. The Morgan fingerprint density at radius 3 is 2.62 bits per heavy atom. The Kier molecular flexibility index (Phi) is 7.04. The summed E-state index contributed by atoms with van der Waals surface area (Å²) in [6, 6.07) is 12.7. The highest BCUT2D eigenvalue weighted by Gasteiger charge is 2.08. The number of carbonyl (C=O) groups excluding carboxylic acids is 2. The topological polar surface area (TPSA) is 58.6 Å². The maximum atomic E-state index is 12.1. The molecule has 2 amide bonds. The Balaban J connectivity index is 1.88. The Hall–Kier alpha value is -2.53. The first-order valence-electron chi connectivity index (χ1n) is 8.33. The summed E-state index contributed by atoms with van der Waals surface area (Å²) in [5, 5.41) is 3.44. The molecule has 0 saturated carbocycles. The second-order valence-electron chi connectivity index (χ2n) is 6.24. The van der Waals surface area contributed by atoms with E-state index in [2.05, 4.69) is 5.32 Å². The van der Waals surface area contributed by atoms with Gasteiger partial charge < -0.3 is 15.0 Å². The summed E-state index contributed by atoms with van der Waals surface area (Å²) in [7, 11) is 3.47. The van der Waals surface area contributed by atoms with Crippen molar-refractivity contribution in [3.63, 3.8) is 0 Å². The van der Waals surface area contributed by atoms with E-state index in [0.29, 0.717) is 29.3 Å². The number of rotatable bonds is 7. The molecule has 6 heteroatoms. The van der Waals surface area contributed by atoms with Crippen LogP contribution in [-0.2, 0) is 16.0 Å². The van der Waals surface area contributed by atoms with E-state index in [-0.39, 0.29) is 18.4 Å². The number of nitrogens with zero attached hydrogens (tertiary/aromatic N) is 1. The van der Waals surface area contributed by atoms with E-state index in [1.165, 1.54) is 0 Å². The van der Waals surface area contributed by atoms with Gasteiger partial charge in [0.1, 0.15) is 5.75 Å². The quantitative estimate of drug-likeness (QED) is 0.804. The second-order valence-corrected chi connectivity index (χ2v) is 6.67. The van der Waals surface area contributed by atoms with Crippen LogP contribution in [0.2, 0.25) is 5.02 Å². The molecule has 0 aromatic heterocycles. The number of carbonyl (C=O) groups is 2. The van der Waals surface area contributed by atoms with Crippen molar-refractivity contribution in [2.75, 3.05) is 26.0 Å². The minimum absolute atomic E-state index is 0.0752. The highest BCUT2D eigenvalue weighted by Crippen LogP contribution is 2.21. The molecule has 0 aliphatic carbocycles. The zero-order chi connectivity index (χ0) is 19.1. The second kappa shape index (κ2) is 9.25. The molecule has 26 heavy (non-hydrogen) atoms. The van der Waals surface area contributed by atoms with E-state index in [4.69, 9.17) is 16.3 Å². The van der Waals surface area contributed by atoms with Crippen LogP contribution in [0.1, 0.15) is 17.5 Å². The van der Waals surface area contributed by atoms with Crippen molar-refractivity contribution >= 4 is 29.1 Å². The van der Waals surface area contributed by atoms with Gasteiger partial charge in [-0.2, -0.15) is 0 Å². The van der Waals surface area contributed by atoms with Gasteiger partial charge in [0.05, 0.1) is 0 Å². The third kappa shape index (κ3) is 6.08. The van der Waals surface area contributed by atoms with Crippen LogP contribution in [0.15, 0.2) is 42.5 Å². The fourth-order valence-electron chi connectivity index (χ4n) is 2.39. The smallest absolute Gasteiger partial charge is 0.262 e. The number of ether oxygens (including phenoxy) is 1. The minimum Gasteiger partial charge on any atom is -0.483 e. The van der Waals surface area contributed by atoms with Crippen LogP contribution in [0.25, 0.3) is 0 Å². The summed E-state index contributed by atoms with van der Waals surface area (Å²) < 4.78 is 5.54. The van der Waals surface area contributed by atoms with Gasteiger partial charge in [0.15, 0.2) is 6.61 Å². The Morgan fingerprint density at radius 1 is 1.15 bits per heavy atom. The summed E-state index contributed by atoms with van der Waals surface area (Å²) in [6.45, 7) is 1.78. The van der Waals surface area contributed by atoms with Gasteiger partial charge in [-0.25, -0.2) is 0 Å². The van der Waals surface area contributed by atoms with E-state index in [1.54, 1.807) is 37.2 Å². The number of amides is 2. The van der Waals surface area contributed by atoms with Crippen LogP contribution < -0.4 is 10.1 Å². The Bertz CT molecular complexity index is 790. The average molecular weight is 375 g/mol. The van der Waals surface area contributed by atoms with Gasteiger partial charge in [-0.3, -0.25) is 9.59 Å². The molecule has 0 radical (unpaired) electrons. The molecule has 0 heterocycles. The predicted octanol–water partition coefficient (Wildman–Crippen LogP) is 3.69. The number of aryl methyl sites for hydroxylation is 2. The van der Waals surface area contributed by atoms with Crippen LogP contribution in [0.5, 0.6) is 5.75 Å². The molecular formula is C20H23ClN2O3. The maximum absolute atomic E-state index is 12.1. The molecule has 2 aromatic rings. The average Bonchev–Trinajstić information content (AvgIpc) is 2.59. The number of nitrogens with one attached hydrogen (secondary N) is 1. The van der Waals surface area contributed by atoms with Crippen molar-refractivity contribution in [3.05, 3.63) is 58.6 Å². The number of halogens is 1. The summed E-state index contributed by atoms with van der Waals surface area (Å²) >= 11 is 5.91. The first-order valence-corrected chi connectivity index (χ1v) is 8.71. The van der Waals surface area contributed by atoms with E-state index in [9.17, 15) is 9.59 Å². The molecule has 2 aromatic carbocycles. The van der Waals surface area contributed by atoms with Gasteiger partial charge in [-0.15, -0.1) is 0 Å². The number of anilines is 1. The van der Waals surface area contributed by atoms with Gasteiger partial charge in [0.25, 0.3) is 5.91 Å². The molecule has 0 aliphatic heterocycles. The molecule has 0 unspecified atom stereocenters. The van der Waals surface area contributed by atoms with Crippen molar-refractivity contribution in [2.45, 2.75) is 19.8 Å². The lowest BCUT2D eigenvalue weighted by Crippen LogP contribution is -2.22. The van der Waals surface area contributed by atoms with Crippen molar-refractivity contribution < 1.29 is 14.3 Å². The highest BCUT2D eigenvalue weighted by molar-refractivity contribution is 6.30. The monoisotopic (exact) mass is 374 g/mol. The molecule has 1 N–H and O–H groups in total. The van der Waals surface area contributed by atoms with Gasteiger partial charge >= 0.3 is 0 Å². The fraction of sp³-hybridized carbons (Fsp3) is 0.300. The predicted molar refractivity (Wildman–Crippen MR) is 104 cm³/mol. The van der Waals surface area contributed by atoms with Crippen LogP contribution in [0, 0.1) is 6.92 Å². The molecule has 0 spiro atoms. The molecule has 0 bridgehead atoms. The normalized spacial score (nSPS) is 10.3. The largest absolute Gasteiger partial charge is 0.483 e. The van der Waals surface area contributed by atoms with Gasteiger partial charge in [-0.05, 0) is 54.8 Å². The maximum Gasteiger partial charge on any atom is 0.262 e. The minimum atomic E-state index is -0.249. The molecule has 0 saturated heterocycles.